The number of nitrogens with two attached hydrogens (primary N) is 1. The van der Waals surface area contributed by atoms with Crippen LogP contribution in [0.15, 0.2) is 12.1 Å². The second kappa shape index (κ2) is 5.03. The third kappa shape index (κ3) is 2.54. The SMILES string of the molecule is Nc1cc2c(cc1NC(=O)CC1CCC1)NC(=O)CO2. The van der Waals surface area contributed by atoms with Crippen molar-refractivity contribution in [1.29, 1.82) is 0 Å². The molecule has 1 aromatic carbocycles. The van der Waals surface area contributed by atoms with E-state index in [0.717, 1.165) is 12.8 Å². The Hall–Kier alpha value is -2.24. The summed E-state index contributed by atoms with van der Waals surface area (Å²) < 4.78 is 5.26. The van der Waals surface area contributed by atoms with Gasteiger partial charge in [0.2, 0.25) is 5.91 Å². The molecule has 0 saturated heterocycles. The smallest absolute Gasteiger partial charge is 0.262 e. The average molecular weight is 275 g/mol. The Labute approximate surface area is 116 Å². The molecule has 4 N–H and O–H groups in total. The van der Waals surface area contributed by atoms with Crippen LogP contribution in [0, 0.1) is 5.92 Å². The number of hydrogen-bond donors (Lipinski definition) is 3. The highest BCUT2D eigenvalue weighted by Crippen LogP contribution is 2.36. The van der Waals surface area contributed by atoms with Crippen molar-refractivity contribution in [2.24, 2.45) is 5.92 Å². The van der Waals surface area contributed by atoms with Crippen molar-refractivity contribution in [1.82, 2.24) is 0 Å². The normalized spacial score (nSPS) is 17.5. The van der Waals surface area contributed by atoms with Gasteiger partial charge in [0.1, 0.15) is 5.75 Å². The lowest BCUT2D eigenvalue weighted by Crippen LogP contribution is -2.26. The number of benzene rings is 1. The number of nitrogens with one attached hydrogen (secondary N) is 2. The fourth-order valence-corrected chi connectivity index (χ4v) is 2.41. The molecule has 0 bridgehead atoms. The standard InChI is InChI=1S/C14H17N3O3/c15-9-5-12-11(17-14(19)7-20-12)6-10(9)16-13(18)4-8-2-1-3-8/h5-6,8H,1-4,7,15H2,(H,16,18)(H,17,19). The monoisotopic (exact) mass is 275 g/mol. The minimum atomic E-state index is -0.214. The summed E-state index contributed by atoms with van der Waals surface area (Å²) in [5, 5.41) is 5.50. The molecule has 1 aromatic rings. The Balaban J connectivity index is 1.73. The van der Waals surface area contributed by atoms with Gasteiger partial charge >= 0.3 is 0 Å². The van der Waals surface area contributed by atoms with Crippen LogP contribution in [-0.2, 0) is 9.59 Å². The third-order valence-corrected chi connectivity index (χ3v) is 3.76. The Kier molecular flexibility index (Phi) is 3.22. The van der Waals surface area contributed by atoms with Crippen LogP contribution in [0.4, 0.5) is 17.1 Å². The summed E-state index contributed by atoms with van der Waals surface area (Å²) in [5.41, 5.74) is 7.38. The summed E-state index contributed by atoms with van der Waals surface area (Å²) in [6.45, 7) is -0.0141. The van der Waals surface area contributed by atoms with Gasteiger partial charge in [-0.15, -0.1) is 0 Å². The largest absolute Gasteiger partial charge is 0.482 e. The number of nitrogen functional groups attached to an aromatic ring is 1. The topological polar surface area (TPSA) is 93.5 Å². The first-order chi connectivity index (χ1) is 9.61. The van der Waals surface area contributed by atoms with E-state index in [4.69, 9.17) is 10.5 Å². The van der Waals surface area contributed by atoms with Crippen LogP contribution < -0.4 is 21.1 Å². The lowest BCUT2D eigenvalue weighted by Gasteiger charge is -2.25. The summed E-state index contributed by atoms with van der Waals surface area (Å²) in [5.74, 6) is 0.773. The Bertz CT molecular complexity index is 567. The lowest BCUT2D eigenvalue weighted by atomic mass is 9.83. The molecule has 0 unspecified atom stereocenters. The zero-order valence-corrected chi connectivity index (χ0v) is 11.1. The number of amides is 2. The number of ether oxygens (including phenoxy) is 1. The molecule has 2 aliphatic rings. The highest BCUT2D eigenvalue weighted by molar-refractivity contribution is 6.00. The van der Waals surface area contributed by atoms with Crippen LogP contribution in [0.3, 0.4) is 0 Å². The summed E-state index contributed by atoms with van der Waals surface area (Å²) in [6.07, 6.45) is 3.98. The van der Waals surface area contributed by atoms with Gasteiger partial charge in [-0.1, -0.05) is 6.42 Å². The van der Waals surface area contributed by atoms with Crippen LogP contribution in [0.25, 0.3) is 0 Å². The highest BCUT2D eigenvalue weighted by atomic mass is 16.5. The van der Waals surface area contributed by atoms with E-state index in [1.165, 1.54) is 6.42 Å². The van der Waals surface area contributed by atoms with Crippen LogP contribution in [0.1, 0.15) is 25.7 Å². The summed E-state index contributed by atoms with van der Waals surface area (Å²) in [6, 6.07) is 3.26. The predicted molar refractivity (Wildman–Crippen MR) is 75.6 cm³/mol. The van der Waals surface area contributed by atoms with E-state index in [9.17, 15) is 9.59 Å². The van der Waals surface area contributed by atoms with Crippen molar-refractivity contribution < 1.29 is 14.3 Å². The van der Waals surface area contributed by atoms with E-state index < -0.39 is 0 Å². The molecule has 0 aromatic heterocycles. The number of anilines is 3. The summed E-state index contributed by atoms with van der Waals surface area (Å²) >= 11 is 0. The van der Waals surface area contributed by atoms with Gasteiger partial charge in [0, 0.05) is 12.5 Å². The molecule has 6 heteroatoms. The first-order valence-electron chi connectivity index (χ1n) is 6.78. The Morgan fingerprint density at radius 2 is 2.25 bits per heavy atom. The second-order valence-corrected chi connectivity index (χ2v) is 5.32. The number of rotatable bonds is 3. The Morgan fingerprint density at radius 3 is 2.95 bits per heavy atom. The number of carbonyl (C=O) groups is 2. The van der Waals surface area contributed by atoms with E-state index in [0.29, 0.717) is 35.2 Å². The minimum absolute atomic E-state index is 0.0141. The molecule has 0 atom stereocenters. The third-order valence-electron chi connectivity index (χ3n) is 3.76. The fraction of sp³-hybridized carbons (Fsp3) is 0.429. The van der Waals surface area contributed by atoms with Crippen molar-refractivity contribution in [3.8, 4) is 5.75 Å². The van der Waals surface area contributed by atoms with Crippen molar-refractivity contribution in [3.63, 3.8) is 0 Å². The molecule has 1 heterocycles. The highest BCUT2D eigenvalue weighted by Gasteiger charge is 2.22. The van der Waals surface area contributed by atoms with Gasteiger partial charge in [-0.05, 0) is 24.8 Å². The maximum Gasteiger partial charge on any atom is 0.262 e. The second-order valence-electron chi connectivity index (χ2n) is 5.32. The van der Waals surface area contributed by atoms with Crippen molar-refractivity contribution in [2.75, 3.05) is 23.0 Å². The predicted octanol–water partition coefficient (Wildman–Crippen LogP) is 1.73. The summed E-state index contributed by atoms with van der Waals surface area (Å²) in [4.78, 5) is 23.2. The van der Waals surface area contributed by atoms with E-state index in [1.54, 1.807) is 12.1 Å². The van der Waals surface area contributed by atoms with Gasteiger partial charge in [-0.2, -0.15) is 0 Å². The molecule has 6 nitrogen and oxygen atoms in total. The molecule has 2 amide bonds. The van der Waals surface area contributed by atoms with Crippen molar-refractivity contribution in [3.05, 3.63) is 12.1 Å². The lowest BCUT2D eigenvalue weighted by molar-refractivity contribution is -0.119. The van der Waals surface area contributed by atoms with Crippen LogP contribution in [-0.4, -0.2) is 18.4 Å². The van der Waals surface area contributed by atoms with E-state index in [1.807, 2.05) is 0 Å². The average Bonchev–Trinajstić information content (AvgIpc) is 2.35. The van der Waals surface area contributed by atoms with Crippen LogP contribution >= 0.6 is 0 Å². The van der Waals surface area contributed by atoms with Crippen molar-refractivity contribution >= 4 is 28.9 Å². The molecule has 0 spiro atoms. The van der Waals surface area contributed by atoms with Gasteiger partial charge < -0.3 is 21.1 Å². The molecule has 1 saturated carbocycles. The van der Waals surface area contributed by atoms with E-state index in [-0.39, 0.29) is 18.4 Å². The van der Waals surface area contributed by atoms with E-state index in [2.05, 4.69) is 10.6 Å². The quantitative estimate of drug-likeness (QED) is 0.732. The molecular weight excluding hydrogens is 258 g/mol. The van der Waals surface area contributed by atoms with E-state index >= 15 is 0 Å². The zero-order chi connectivity index (χ0) is 14.1. The maximum atomic E-state index is 11.9. The Morgan fingerprint density at radius 1 is 1.45 bits per heavy atom. The zero-order valence-electron chi connectivity index (χ0n) is 11.1. The fourth-order valence-electron chi connectivity index (χ4n) is 2.41. The molecule has 0 radical (unpaired) electrons. The molecule has 3 rings (SSSR count). The minimum Gasteiger partial charge on any atom is -0.482 e. The molecule has 106 valence electrons. The number of fused-ring (bicyclic) bond motifs is 1. The number of carbonyl (C=O) groups excluding carboxylic acids is 2. The first-order valence-corrected chi connectivity index (χ1v) is 6.78. The van der Waals surface area contributed by atoms with Gasteiger partial charge in [0.15, 0.2) is 6.61 Å². The molecule has 20 heavy (non-hydrogen) atoms. The molecule has 1 aliphatic heterocycles. The first kappa shape index (κ1) is 12.8. The van der Waals surface area contributed by atoms with Gasteiger partial charge in [-0.25, -0.2) is 0 Å². The van der Waals surface area contributed by atoms with Crippen LogP contribution in [0.2, 0.25) is 0 Å². The molecule has 1 aliphatic carbocycles. The van der Waals surface area contributed by atoms with Gasteiger partial charge in [0.05, 0.1) is 17.1 Å². The van der Waals surface area contributed by atoms with Crippen molar-refractivity contribution in [2.45, 2.75) is 25.7 Å². The van der Waals surface area contributed by atoms with Gasteiger partial charge in [-0.3, -0.25) is 9.59 Å². The maximum absolute atomic E-state index is 11.9. The van der Waals surface area contributed by atoms with Crippen LogP contribution in [0.5, 0.6) is 5.75 Å². The molecular formula is C14H17N3O3. The van der Waals surface area contributed by atoms with Gasteiger partial charge in [0.25, 0.3) is 5.91 Å². The number of hydrogen-bond acceptors (Lipinski definition) is 4. The molecule has 1 fully saturated rings. The summed E-state index contributed by atoms with van der Waals surface area (Å²) in [7, 11) is 0.